The standard InChI is InChI=1S/C11H11N3/c1-2-12-5-9-3-10-6-13-7-14-11(10)4-8(1)9/h1-5,13-14H,6-7H2. The summed E-state index contributed by atoms with van der Waals surface area (Å²) in [6, 6.07) is 6.42. The van der Waals surface area contributed by atoms with Crippen molar-refractivity contribution in [1.29, 1.82) is 0 Å². The monoisotopic (exact) mass is 185 g/mol. The first-order valence-electron chi connectivity index (χ1n) is 4.75. The van der Waals surface area contributed by atoms with Crippen LogP contribution in [0.15, 0.2) is 30.6 Å². The quantitative estimate of drug-likeness (QED) is 0.656. The van der Waals surface area contributed by atoms with E-state index in [-0.39, 0.29) is 0 Å². The van der Waals surface area contributed by atoms with Gasteiger partial charge in [-0.05, 0) is 29.1 Å². The number of nitrogens with zero attached hydrogens (tertiary/aromatic N) is 1. The maximum atomic E-state index is 4.12. The average molecular weight is 185 g/mol. The lowest BCUT2D eigenvalue weighted by molar-refractivity contribution is 0.710. The Kier molecular flexibility index (Phi) is 1.64. The molecule has 0 unspecified atom stereocenters. The van der Waals surface area contributed by atoms with E-state index in [1.54, 1.807) is 0 Å². The number of aromatic nitrogens is 1. The highest BCUT2D eigenvalue weighted by Gasteiger charge is 2.08. The molecule has 0 amide bonds. The predicted molar refractivity (Wildman–Crippen MR) is 57.1 cm³/mol. The molecule has 0 bridgehead atoms. The Morgan fingerprint density at radius 1 is 1.21 bits per heavy atom. The second kappa shape index (κ2) is 2.96. The molecule has 1 aliphatic heterocycles. The van der Waals surface area contributed by atoms with Gasteiger partial charge in [-0.3, -0.25) is 10.3 Å². The number of anilines is 1. The molecule has 70 valence electrons. The van der Waals surface area contributed by atoms with E-state index in [4.69, 9.17) is 0 Å². The second-order valence-corrected chi connectivity index (χ2v) is 3.51. The molecule has 0 fully saturated rings. The molecule has 2 N–H and O–H groups in total. The Hall–Kier alpha value is -1.61. The fourth-order valence-electron chi connectivity index (χ4n) is 1.85. The molecule has 3 heteroatoms. The van der Waals surface area contributed by atoms with Gasteiger partial charge < -0.3 is 5.32 Å². The van der Waals surface area contributed by atoms with Gasteiger partial charge in [-0.25, -0.2) is 0 Å². The molecule has 0 saturated carbocycles. The lowest BCUT2D eigenvalue weighted by Crippen LogP contribution is -2.27. The number of rotatable bonds is 0. The summed E-state index contributed by atoms with van der Waals surface area (Å²) in [4.78, 5) is 4.12. The largest absolute Gasteiger partial charge is 0.372 e. The molecule has 2 aromatic rings. The lowest BCUT2D eigenvalue weighted by atomic mass is 10.1. The Bertz CT molecular complexity index is 434. The molecule has 0 aliphatic carbocycles. The third-order valence-electron chi connectivity index (χ3n) is 2.58. The molecule has 0 saturated heterocycles. The van der Waals surface area contributed by atoms with Gasteiger partial charge in [0.2, 0.25) is 0 Å². The van der Waals surface area contributed by atoms with Crippen LogP contribution in [-0.2, 0) is 6.54 Å². The van der Waals surface area contributed by atoms with Crippen molar-refractivity contribution in [2.75, 3.05) is 12.0 Å². The van der Waals surface area contributed by atoms with E-state index in [0.717, 1.165) is 13.2 Å². The summed E-state index contributed by atoms with van der Waals surface area (Å²) in [7, 11) is 0. The van der Waals surface area contributed by atoms with Gasteiger partial charge in [0.05, 0.1) is 6.67 Å². The zero-order valence-corrected chi connectivity index (χ0v) is 7.75. The van der Waals surface area contributed by atoms with Crippen LogP contribution >= 0.6 is 0 Å². The van der Waals surface area contributed by atoms with Gasteiger partial charge in [-0.1, -0.05) is 0 Å². The number of hydrogen-bond acceptors (Lipinski definition) is 3. The topological polar surface area (TPSA) is 37.0 Å². The molecule has 3 rings (SSSR count). The van der Waals surface area contributed by atoms with Gasteiger partial charge in [0, 0.05) is 30.0 Å². The van der Waals surface area contributed by atoms with Crippen molar-refractivity contribution in [2.24, 2.45) is 0 Å². The van der Waals surface area contributed by atoms with Crippen LogP contribution in [0, 0.1) is 0 Å². The van der Waals surface area contributed by atoms with Crippen molar-refractivity contribution < 1.29 is 0 Å². The predicted octanol–water partition coefficient (Wildman–Crippen LogP) is 1.71. The second-order valence-electron chi connectivity index (χ2n) is 3.51. The van der Waals surface area contributed by atoms with E-state index in [2.05, 4.69) is 27.8 Å². The SMILES string of the molecule is c1cc2cc3c(cc2cn1)CNCN3. The smallest absolute Gasteiger partial charge is 0.0655 e. The van der Waals surface area contributed by atoms with Crippen LogP contribution < -0.4 is 10.6 Å². The van der Waals surface area contributed by atoms with Gasteiger partial charge >= 0.3 is 0 Å². The Morgan fingerprint density at radius 2 is 2.21 bits per heavy atom. The third kappa shape index (κ3) is 1.14. The van der Waals surface area contributed by atoms with Gasteiger partial charge in [0.1, 0.15) is 0 Å². The van der Waals surface area contributed by atoms with Gasteiger partial charge in [-0.15, -0.1) is 0 Å². The van der Waals surface area contributed by atoms with Crippen LogP contribution in [0.5, 0.6) is 0 Å². The van der Waals surface area contributed by atoms with Crippen LogP contribution in [0.4, 0.5) is 5.69 Å². The molecule has 0 spiro atoms. The van der Waals surface area contributed by atoms with Crippen molar-refractivity contribution >= 4 is 16.5 Å². The minimum absolute atomic E-state index is 0.851. The van der Waals surface area contributed by atoms with Gasteiger partial charge in [0.15, 0.2) is 0 Å². The molecule has 0 radical (unpaired) electrons. The summed E-state index contributed by atoms with van der Waals surface area (Å²) < 4.78 is 0. The minimum atomic E-state index is 0.851. The first kappa shape index (κ1) is 7.76. The van der Waals surface area contributed by atoms with Crippen LogP contribution in [0.2, 0.25) is 0 Å². The Labute approximate surface area is 82.2 Å². The average Bonchev–Trinajstić information content (AvgIpc) is 2.26. The zero-order valence-electron chi connectivity index (χ0n) is 7.75. The van der Waals surface area contributed by atoms with Crippen molar-refractivity contribution in [1.82, 2.24) is 10.3 Å². The molecule has 3 nitrogen and oxygen atoms in total. The van der Waals surface area contributed by atoms with Crippen molar-refractivity contribution in [2.45, 2.75) is 6.54 Å². The van der Waals surface area contributed by atoms with Gasteiger partial charge in [0.25, 0.3) is 0 Å². The van der Waals surface area contributed by atoms with E-state index in [1.165, 1.54) is 22.0 Å². The molecular weight excluding hydrogens is 174 g/mol. The van der Waals surface area contributed by atoms with E-state index in [0.29, 0.717) is 0 Å². The van der Waals surface area contributed by atoms with E-state index < -0.39 is 0 Å². The molecule has 1 aromatic carbocycles. The summed E-state index contributed by atoms with van der Waals surface area (Å²) in [5, 5.41) is 9.05. The molecular formula is C11H11N3. The zero-order chi connectivity index (χ0) is 9.38. The molecule has 14 heavy (non-hydrogen) atoms. The van der Waals surface area contributed by atoms with E-state index >= 15 is 0 Å². The van der Waals surface area contributed by atoms with Crippen molar-refractivity contribution in [3.05, 3.63) is 36.2 Å². The van der Waals surface area contributed by atoms with E-state index in [1.807, 2.05) is 18.5 Å². The fraction of sp³-hybridized carbons (Fsp3) is 0.182. The lowest BCUT2D eigenvalue weighted by Gasteiger charge is -2.19. The number of pyridine rings is 1. The summed E-state index contributed by atoms with van der Waals surface area (Å²) in [6.07, 6.45) is 3.74. The van der Waals surface area contributed by atoms with Crippen LogP contribution in [0.25, 0.3) is 10.8 Å². The number of benzene rings is 1. The number of hydrogen-bond donors (Lipinski definition) is 2. The normalized spacial score (nSPS) is 14.9. The van der Waals surface area contributed by atoms with Crippen LogP contribution in [0.1, 0.15) is 5.56 Å². The van der Waals surface area contributed by atoms with Crippen LogP contribution in [-0.4, -0.2) is 11.7 Å². The summed E-state index contributed by atoms with van der Waals surface area (Å²) in [5.41, 5.74) is 2.55. The first-order chi connectivity index (χ1) is 6.93. The highest BCUT2D eigenvalue weighted by atomic mass is 15.1. The third-order valence-corrected chi connectivity index (χ3v) is 2.58. The maximum Gasteiger partial charge on any atom is 0.0655 e. The van der Waals surface area contributed by atoms with Gasteiger partial charge in [-0.2, -0.15) is 0 Å². The molecule has 0 atom stereocenters. The Morgan fingerprint density at radius 3 is 3.21 bits per heavy atom. The van der Waals surface area contributed by atoms with E-state index in [9.17, 15) is 0 Å². The summed E-state index contributed by atoms with van der Waals surface area (Å²) >= 11 is 0. The number of fused-ring (bicyclic) bond motifs is 2. The highest BCUT2D eigenvalue weighted by molar-refractivity contribution is 5.86. The molecule has 1 aliphatic rings. The summed E-state index contributed by atoms with van der Waals surface area (Å²) in [5.74, 6) is 0. The van der Waals surface area contributed by atoms with Crippen molar-refractivity contribution in [3.8, 4) is 0 Å². The minimum Gasteiger partial charge on any atom is -0.372 e. The Balaban J connectivity index is 2.27. The molecule has 1 aromatic heterocycles. The fourth-order valence-corrected chi connectivity index (χ4v) is 1.85. The molecule has 2 heterocycles. The highest BCUT2D eigenvalue weighted by Crippen LogP contribution is 2.24. The first-order valence-corrected chi connectivity index (χ1v) is 4.75. The van der Waals surface area contributed by atoms with Crippen molar-refractivity contribution in [3.63, 3.8) is 0 Å². The van der Waals surface area contributed by atoms with Crippen LogP contribution in [0.3, 0.4) is 0 Å². The summed E-state index contributed by atoms with van der Waals surface area (Å²) in [6.45, 7) is 1.79. The maximum absolute atomic E-state index is 4.12. The number of nitrogens with one attached hydrogen (secondary N) is 2.